The van der Waals surface area contributed by atoms with Crippen LogP contribution in [0.3, 0.4) is 0 Å². The van der Waals surface area contributed by atoms with E-state index in [0.717, 1.165) is 12.0 Å². The maximum Gasteiger partial charge on any atom is 0.153 e. The fourth-order valence-electron chi connectivity index (χ4n) is 1.33. The number of phenols is 2. The van der Waals surface area contributed by atoms with Crippen molar-refractivity contribution in [3.05, 3.63) is 35.4 Å². The van der Waals surface area contributed by atoms with Crippen molar-refractivity contribution in [2.75, 3.05) is 0 Å². The molecule has 0 aliphatic heterocycles. The first-order valence-electron chi connectivity index (χ1n) is 4.69. The molecule has 1 aromatic carbocycles. The normalized spacial score (nSPS) is 9.93. The molecule has 0 aliphatic carbocycles. The minimum Gasteiger partial charge on any atom is -0.508 e. The highest BCUT2D eigenvalue weighted by Gasteiger charge is 2.08. The van der Waals surface area contributed by atoms with Gasteiger partial charge in [-0.05, 0) is 37.5 Å². The van der Waals surface area contributed by atoms with Crippen molar-refractivity contribution >= 4 is 6.29 Å². The number of allylic oxidation sites excluding steroid dienone is 1. The Morgan fingerprint density at radius 1 is 1.47 bits per heavy atom. The van der Waals surface area contributed by atoms with Gasteiger partial charge in [-0.15, -0.1) is 6.58 Å². The van der Waals surface area contributed by atoms with Gasteiger partial charge < -0.3 is 10.2 Å². The van der Waals surface area contributed by atoms with Crippen LogP contribution in [0, 0.1) is 0 Å². The summed E-state index contributed by atoms with van der Waals surface area (Å²) in [6.45, 7) is 5.64. The van der Waals surface area contributed by atoms with Crippen LogP contribution in [0.2, 0.25) is 0 Å². The SMILES string of the molecule is C=C(C)CCc1cc(O)cc(C=O)c1O. The number of aromatic hydroxyl groups is 2. The zero-order valence-electron chi connectivity index (χ0n) is 8.66. The smallest absolute Gasteiger partial charge is 0.153 e. The van der Waals surface area contributed by atoms with Gasteiger partial charge in [-0.1, -0.05) is 5.57 Å². The highest BCUT2D eigenvalue weighted by atomic mass is 16.3. The minimum absolute atomic E-state index is 0.00776. The Bertz CT molecular complexity index is 394. The number of aldehydes is 1. The highest BCUT2D eigenvalue weighted by molar-refractivity contribution is 5.80. The van der Waals surface area contributed by atoms with Gasteiger partial charge in [-0.3, -0.25) is 4.79 Å². The summed E-state index contributed by atoms with van der Waals surface area (Å²) in [6, 6.07) is 2.71. The van der Waals surface area contributed by atoms with Crippen molar-refractivity contribution in [1.82, 2.24) is 0 Å². The molecule has 0 saturated carbocycles. The molecule has 0 saturated heterocycles. The van der Waals surface area contributed by atoms with E-state index in [9.17, 15) is 15.0 Å². The van der Waals surface area contributed by atoms with E-state index in [-0.39, 0.29) is 17.1 Å². The van der Waals surface area contributed by atoms with Gasteiger partial charge in [0.1, 0.15) is 11.5 Å². The predicted molar refractivity (Wildman–Crippen MR) is 58.3 cm³/mol. The summed E-state index contributed by atoms with van der Waals surface area (Å²) in [5, 5.41) is 19.0. The average molecular weight is 206 g/mol. The summed E-state index contributed by atoms with van der Waals surface area (Å²) in [7, 11) is 0. The molecular weight excluding hydrogens is 192 g/mol. The van der Waals surface area contributed by atoms with E-state index in [0.29, 0.717) is 18.3 Å². The quantitative estimate of drug-likeness (QED) is 0.452. The van der Waals surface area contributed by atoms with Gasteiger partial charge in [0.25, 0.3) is 0 Å². The second kappa shape index (κ2) is 4.64. The van der Waals surface area contributed by atoms with Gasteiger partial charge in [-0.2, -0.15) is 0 Å². The first-order valence-corrected chi connectivity index (χ1v) is 4.69. The number of hydrogen-bond donors (Lipinski definition) is 2. The van der Waals surface area contributed by atoms with E-state index < -0.39 is 0 Å². The van der Waals surface area contributed by atoms with Crippen LogP contribution < -0.4 is 0 Å². The van der Waals surface area contributed by atoms with Crippen LogP contribution in [0.5, 0.6) is 11.5 Å². The summed E-state index contributed by atoms with van der Waals surface area (Å²) in [6.07, 6.45) is 1.81. The Hall–Kier alpha value is -1.77. The molecule has 3 heteroatoms. The van der Waals surface area contributed by atoms with Crippen LogP contribution in [0.1, 0.15) is 29.3 Å². The van der Waals surface area contributed by atoms with Crippen molar-refractivity contribution in [3.8, 4) is 11.5 Å². The van der Waals surface area contributed by atoms with Gasteiger partial charge >= 0.3 is 0 Å². The monoisotopic (exact) mass is 206 g/mol. The lowest BCUT2D eigenvalue weighted by atomic mass is 10.0. The van der Waals surface area contributed by atoms with E-state index in [1.807, 2.05) is 6.92 Å². The van der Waals surface area contributed by atoms with Crippen LogP contribution in [0.25, 0.3) is 0 Å². The predicted octanol–water partition coefficient (Wildman–Crippen LogP) is 2.42. The van der Waals surface area contributed by atoms with Crippen molar-refractivity contribution in [2.45, 2.75) is 19.8 Å². The molecule has 0 heterocycles. The van der Waals surface area contributed by atoms with E-state index in [1.54, 1.807) is 0 Å². The number of aryl methyl sites for hydroxylation is 1. The minimum atomic E-state index is -0.0518. The Morgan fingerprint density at radius 2 is 2.13 bits per heavy atom. The molecule has 3 nitrogen and oxygen atoms in total. The third-order valence-electron chi connectivity index (χ3n) is 2.15. The maximum atomic E-state index is 10.6. The van der Waals surface area contributed by atoms with Crippen molar-refractivity contribution in [1.29, 1.82) is 0 Å². The molecule has 2 N–H and O–H groups in total. The average Bonchev–Trinajstić information content (AvgIpc) is 2.18. The molecule has 0 spiro atoms. The molecule has 80 valence electrons. The highest BCUT2D eigenvalue weighted by Crippen LogP contribution is 2.28. The lowest BCUT2D eigenvalue weighted by Crippen LogP contribution is -1.91. The molecule has 0 radical (unpaired) electrons. The zero-order chi connectivity index (χ0) is 11.4. The van der Waals surface area contributed by atoms with Gasteiger partial charge in [0.05, 0.1) is 5.56 Å². The standard InChI is InChI=1S/C12H14O3/c1-8(2)3-4-9-5-11(14)6-10(7-13)12(9)15/h5-7,14-15H,1,3-4H2,2H3. The molecule has 0 atom stereocenters. The first kappa shape index (κ1) is 11.3. The lowest BCUT2D eigenvalue weighted by Gasteiger charge is -2.07. The maximum absolute atomic E-state index is 10.6. The number of hydrogen-bond acceptors (Lipinski definition) is 3. The second-order valence-electron chi connectivity index (χ2n) is 3.62. The Balaban J connectivity index is 3.01. The zero-order valence-corrected chi connectivity index (χ0v) is 8.66. The summed E-state index contributed by atoms with van der Waals surface area (Å²) < 4.78 is 0. The fraction of sp³-hybridized carbons (Fsp3) is 0.250. The van der Waals surface area contributed by atoms with Crippen LogP contribution >= 0.6 is 0 Å². The van der Waals surface area contributed by atoms with Gasteiger partial charge in [0.15, 0.2) is 6.29 Å². The lowest BCUT2D eigenvalue weighted by molar-refractivity contribution is 0.112. The Kier molecular flexibility index (Phi) is 3.50. The molecule has 0 aliphatic rings. The third kappa shape index (κ3) is 2.84. The molecule has 0 unspecified atom stereocenters. The number of benzene rings is 1. The van der Waals surface area contributed by atoms with Crippen LogP contribution in [-0.2, 0) is 6.42 Å². The Labute approximate surface area is 88.7 Å². The fourth-order valence-corrected chi connectivity index (χ4v) is 1.33. The number of rotatable bonds is 4. The van der Waals surface area contributed by atoms with Gasteiger partial charge in [0.2, 0.25) is 0 Å². The van der Waals surface area contributed by atoms with Crippen LogP contribution in [-0.4, -0.2) is 16.5 Å². The topological polar surface area (TPSA) is 57.5 Å². The van der Waals surface area contributed by atoms with Gasteiger partial charge in [0, 0.05) is 0 Å². The largest absolute Gasteiger partial charge is 0.508 e. The molecule has 0 amide bonds. The first-order chi connectivity index (χ1) is 7.04. The summed E-state index contributed by atoms with van der Waals surface area (Å²) >= 11 is 0. The van der Waals surface area contributed by atoms with E-state index in [2.05, 4.69) is 6.58 Å². The molecule has 1 rings (SSSR count). The summed E-state index contributed by atoms with van der Waals surface area (Å²) in [5.74, 6) is -0.0596. The van der Waals surface area contributed by atoms with E-state index >= 15 is 0 Å². The van der Waals surface area contributed by atoms with E-state index in [1.165, 1.54) is 12.1 Å². The molecule has 0 bridgehead atoms. The van der Waals surface area contributed by atoms with Gasteiger partial charge in [-0.25, -0.2) is 0 Å². The number of carbonyl (C=O) groups is 1. The number of carbonyl (C=O) groups excluding carboxylic acids is 1. The van der Waals surface area contributed by atoms with Crippen LogP contribution in [0.4, 0.5) is 0 Å². The van der Waals surface area contributed by atoms with Crippen molar-refractivity contribution < 1.29 is 15.0 Å². The van der Waals surface area contributed by atoms with Crippen LogP contribution in [0.15, 0.2) is 24.3 Å². The van der Waals surface area contributed by atoms with Crippen molar-refractivity contribution in [2.24, 2.45) is 0 Å². The summed E-state index contributed by atoms with van der Waals surface area (Å²) in [4.78, 5) is 10.6. The van der Waals surface area contributed by atoms with E-state index in [4.69, 9.17) is 0 Å². The molecule has 15 heavy (non-hydrogen) atoms. The molecule has 0 aromatic heterocycles. The molecular formula is C12H14O3. The second-order valence-corrected chi connectivity index (χ2v) is 3.62. The van der Waals surface area contributed by atoms with Crippen molar-refractivity contribution in [3.63, 3.8) is 0 Å². The summed E-state index contributed by atoms with van der Waals surface area (Å²) in [5.41, 5.74) is 1.68. The Morgan fingerprint density at radius 3 is 2.67 bits per heavy atom. The number of phenolic OH excluding ortho intramolecular Hbond substituents is 2. The molecule has 1 aromatic rings. The molecule has 0 fully saturated rings. The third-order valence-corrected chi connectivity index (χ3v) is 2.15.